The molecule has 1 saturated heterocycles. The van der Waals surface area contributed by atoms with Crippen LogP contribution in [0.15, 0.2) is 18.5 Å². The van der Waals surface area contributed by atoms with Crippen LogP contribution in [0.25, 0.3) is 0 Å². The molecule has 2 aromatic rings. The van der Waals surface area contributed by atoms with E-state index >= 15 is 0 Å². The van der Waals surface area contributed by atoms with Gasteiger partial charge in [0.15, 0.2) is 11.5 Å². The molecular weight excluding hydrogens is 315 g/mol. The van der Waals surface area contributed by atoms with Crippen LogP contribution in [-0.4, -0.2) is 45.5 Å². The van der Waals surface area contributed by atoms with Crippen LogP contribution < -0.4 is 9.47 Å². The smallest absolute Gasteiger partial charge is 0.260 e. The molecule has 0 saturated carbocycles. The molecule has 0 bridgehead atoms. The Bertz CT molecular complexity index is 792. The third-order valence-corrected chi connectivity index (χ3v) is 4.52. The van der Waals surface area contributed by atoms with E-state index < -0.39 is 5.82 Å². The van der Waals surface area contributed by atoms with Crippen LogP contribution in [0.1, 0.15) is 34.9 Å². The summed E-state index contributed by atoms with van der Waals surface area (Å²) < 4.78 is 26.7. The third-order valence-electron chi connectivity index (χ3n) is 4.52. The number of piperidine rings is 1. The van der Waals surface area contributed by atoms with Gasteiger partial charge in [-0.2, -0.15) is 0 Å². The molecule has 24 heavy (non-hydrogen) atoms. The molecule has 3 heterocycles. The maximum atomic E-state index is 14.3. The van der Waals surface area contributed by atoms with Gasteiger partial charge in [-0.3, -0.25) is 4.79 Å². The second kappa shape index (κ2) is 5.77. The summed E-state index contributed by atoms with van der Waals surface area (Å²) >= 11 is 0. The minimum absolute atomic E-state index is 0.000626. The van der Waals surface area contributed by atoms with E-state index in [9.17, 15) is 9.18 Å². The topological polar surface area (TPSA) is 69.5 Å². The lowest BCUT2D eigenvalue weighted by molar-refractivity contribution is 0.0693. The van der Waals surface area contributed by atoms with E-state index in [0.29, 0.717) is 18.8 Å². The Kier molecular flexibility index (Phi) is 3.59. The lowest BCUT2D eigenvalue weighted by Crippen LogP contribution is -2.40. The molecule has 0 aliphatic carbocycles. The minimum atomic E-state index is -0.593. The van der Waals surface area contributed by atoms with E-state index in [4.69, 9.17) is 9.47 Å². The fourth-order valence-corrected chi connectivity index (χ4v) is 3.34. The summed E-state index contributed by atoms with van der Waals surface area (Å²) in [6.07, 6.45) is 3.40. The summed E-state index contributed by atoms with van der Waals surface area (Å²) in [7, 11) is 1.88. The first-order valence-corrected chi connectivity index (χ1v) is 7.86. The summed E-state index contributed by atoms with van der Waals surface area (Å²) in [6.45, 7) is 1.06. The van der Waals surface area contributed by atoms with Crippen LogP contribution in [0.4, 0.5) is 4.39 Å². The monoisotopic (exact) mass is 332 g/mol. The number of benzene rings is 1. The number of hydrogen-bond acceptors (Lipinski definition) is 5. The molecule has 7 nitrogen and oxygen atoms in total. The Labute approximate surface area is 138 Å². The van der Waals surface area contributed by atoms with Crippen molar-refractivity contribution < 1.29 is 18.7 Å². The molecule has 2 aliphatic rings. The first-order chi connectivity index (χ1) is 11.6. The van der Waals surface area contributed by atoms with Crippen molar-refractivity contribution in [3.8, 4) is 11.5 Å². The van der Waals surface area contributed by atoms with Gasteiger partial charge in [-0.15, -0.1) is 10.2 Å². The highest BCUT2D eigenvalue weighted by atomic mass is 19.1. The summed E-state index contributed by atoms with van der Waals surface area (Å²) in [5.74, 6) is 0.562. The van der Waals surface area contributed by atoms with Gasteiger partial charge in [-0.25, -0.2) is 4.39 Å². The number of rotatable bonds is 2. The van der Waals surface area contributed by atoms with Crippen molar-refractivity contribution in [2.75, 3.05) is 19.9 Å². The highest BCUT2D eigenvalue weighted by molar-refractivity contribution is 5.98. The first-order valence-electron chi connectivity index (χ1n) is 7.86. The zero-order valence-corrected chi connectivity index (χ0v) is 13.2. The van der Waals surface area contributed by atoms with E-state index in [-0.39, 0.29) is 29.9 Å². The molecule has 1 atom stereocenters. The molecule has 8 heteroatoms. The van der Waals surface area contributed by atoms with Crippen molar-refractivity contribution in [1.29, 1.82) is 0 Å². The van der Waals surface area contributed by atoms with Crippen LogP contribution in [0.2, 0.25) is 0 Å². The average molecular weight is 332 g/mol. The zero-order chi connectivity index (χ0) is 16.7. The quantitative estimate of drug-likeness (QED) is 0.837. The maximum absolute atomic E-state index is 14.3. The standard InChI is InChI=1S/C16H17FN4O3/c1-20-8-18-19-15(20)10-3-2-6-21(7-10)16(22)13-11(17)4-5-12-14(13)24-9-23-12/h4-5,8,10H,2-3,6-7,9H2,1H3. The van der Waals surface area contributed by atoms with Gasteiger partial charge in [0.25, 0.3) is 5.91 Å². The Hall–Kier alpha value is -2.64. The van der Waals surface area contributed by atoms with Gasteiger partial charge in [0.1, 0.15) is 23.5 Å². The number of amides is 1. The molecule has 1 amide bonds. The molecule has 0 radical (unpaired) electrons. The largest absolute Gasteiger partial charge is 0.454 e. The van der Waals surface area contributed by atoms with Crippen molar-refractivity contribution in [3.63, 3.8) is 0 Å². The van der Waals surface area contributed by atoms with Crippen molar-refractivity contribution in [2.24, 2.45) is 7.05 Å². The normalized spacial score (nSPS) is 19.6. The third kappa shape index (κ3) is 2.38. The van der Waals surface area contributed by atoms with Gasteiger partial charge >= 0.3 is 0 Å². The fourth-order valence-electron chi connectivity index (χ4n) is 3.34. The van der Waals surface area contributed by atoms with Gasteiger partial charge in [0.2, 0.25) is 6.79 Å². The number of carbonyl (C=O) groups is 1. The fraction of sp³-hybridized carbons (Fsp3) is 0.438. The Morgan fingerprint density at radius 1 is 1.38 bits per heavy atom. The van der Waals surface area contributed by atoms with Crippen molar-refractivity contribution in [3.05, 3.63) is 35.7 Å². The van der Waals surface area contributed by atoms with Crippen LogP contribution in [0.3, 0.4) is 0 Å². The highest BCUT2D eigenvalue weighted by Gasteiger charge is 2.33. The maximum Gasteiger partial charge on any atom is 0.260 e. The molecule has 126 valence electrons. The molecule has 0 spiro atoms. The summed E-state index contributed by atoms with van der Waals surface area (Å²) in [4.78, 5) is 14.5. The Balaban J connectivity index is 1.61. The highest BCUT2D eigenvalue weighted by Crippen LogP contribution is 2.38. The number of nitrogens with zero attached hydrogens (tertiary/aromatic N) is 4. The number of aromatic nitrogens is 3. The Morgan fingerprint density at radius 3 is 3.04 bits per heavy atom. The number of fused-ring (bicyclic) bond motifs is 1. The predicted octanol–water partition coefficient (Wildman–Crippen LogP) is 1.70. The molecule has 1 aromatic carbocycles. The van der Waals surface area contributed by atoms with Gasteiger partial charge < -0.3 is 18.9 Å². The number of carbonyl (C=O) groups excluding carboxylic acids is 1. The van der Waals surface area contributed by atoms with Crippen molar-refractivity contribution in [1.82, 2.24) is 19.7 Å². The van der Waals surface area contributed by atoms with Crippen LogP contribution in [0.5, 0.6) is 11.5 Å². The van der Waals surface area contributed by atoms with Crippen LogP contribution in [-0.2, 0) is 7.05 Å². The predicted molar refractivity (Wildman–Crippen MR) is 81.4 cm³/mol. The molecule has 0 N–H and O–H groups in total. The average Bonchev–Trinajstić information content (AvgIpc) is 3.23. The lowest BCUT2D eigenvalue weighted by atomic mass is 9.96. The summed E-state index contributed by atoms with van der Waals surface area (Å²) in [6, 6.07) is 2.72. The van der Waals surface area contributed by atoms with Crippen LogP contribution >= 0.6 is 0 Å². The second-order valence-corrected chi connectivity index (χ2v) is 6.05. The number of halogens is 1. The lowest BCUT2D eigenvalue weighted by Gasteiger charge is -2.32. The second-order valence-electron chi connectivity index (χ2n) is 6.05. The minimum Gasteiger partial charge on any atom is -0.454 e. The Morgan fingerprint density at radius 2 is 2.25 bits per heavy atom. The molecule has 1 aromatic heterocycles. The van der Waals surface area contributed by atoms with Crippen molar-refractivity contribution >= 4 is 5.91 Å². The molecule has 4 rings (SSSR count). The summed E-state index contributed by atoms with van der Waals surface area (Å²) in [5, 5.41) is 8.04. The molecular formula is C16H17FN4O3. The zero-order valence-electron chi connectivity index (χ0n) is 13.2. The van der Waals surface area contributed by atoms with E-state index in [1.165, 1.54) is 12.1 Å². The van der Waals surface area contributed by atoms with E-state index in [1.807, 2.05) is 11.6 Å². The van der Waals surface area contributed by atoms with Crippen LogP contribution in [0, 0.1) is 5.82 Å². The SMILES string of the molecule is Cn1cnnc1C1CCCN(C(=O)c2c(F)ccc3c2OCO3)C1. The van der Waals surface area contributed by atoms with Gasteiger partial charge in [0.05, 0.1) is 0 Å². The first kappa shape index (κ1) is 14.9. The number of hydrogen-bond donors (Lipinski definition) is 0. The molecule has 2 aliphatic heterocycles. The summed E-state index contributed by atoms with van der Waals surface area (Å²) in [5.41, 5.74) is -0.0522. The van der Waals surface area contributed by atoms with Crippen molar-refractivity contribution in [2.45, 2.75) is 18.8 Å². The van der Waals surface area contributed by atoms with Gasteiger partial charge in [-0.1, -0.05) is 0 Å². The number of ether oxygens (including phenoxy) is 2. The number of likely N-dealkylation sites (tertiary alicyclic amines) is 1. The van der Waals surface area contributed by atoms with E-state index in [2.05, 4.69) is 10.2 Å². The van der Waals surface area contributed by atoms with E-state index in [1.54, 1.807) is 11.2 Å². The van der Waals surface area contributed by atoms with Gasteiger partial charge in [-0.05, 0) is 25.0 Å². The van der Waals surface area contributed by atoms with E-state index in [0.717, 1.165) is 18.7 Å². The number of aryl methyl sites for hydroxylation is 1. The molecule has 1 unspecified atom stereocenters. The van der Waals surface area contributed by atoms with Gasteiger partial charge in [0, 0.05) is 26.1 Å². The molecule has 1 fully saturated rings.